The van der Waals surface area contributed by atoms with Crippen molar-refractivity contribution in [3.05, 3.63) is 83.0 Å². The number of benzene rings is 2. The van der Waals surface area contributed by atoms with E-state index in [4.69, 9.17) is 0 Å². The molecule has 0 spiro atoms. The highest BCUT2D eigenvalue weighted by Gasteiger charge is 2.17. The van der Waals surface area contributed by atoms with Gasteiger partial charge in [0.05, 0.1) is 17.6 Å². The van der Waals surface area contributed by atoms with Crippen molar-refractivity contribution in [3.63, 3.8) is 0 Å². The van der Waals surface area contributed by atoms with E-state index in [9.17, 15) is 13.2 Å². The molecule has 2 aromatic heterocycles. The number of carbonyl (C=O) groups is 1. The lowest BCUT2D eigenvalue weighted by molar-refractivity contribution is 0.102. The number of thiazole rings is 1. The van der Waals surface area contributed by atoms with Gasteiger partial charge in [-0.15, -0.1) is 11.3 Å². The standard InChI is InChI=1S/C25H24N4O3S4/c1-16-13-21(35-20-7-5-19(6-8-20)29(33-3)36(4,31)32)14-17(2)23(16)22-15-34-25(27-22)28-24(30)18-9-11-26-12-10-18/h5-15H,1-4H3,(H,27,28,30). The van der Waals surface area contributed by atoms with Gasteiger partial charge in [0, 0.05) is 44.9 Å². The molecule has 11 heteroatoms. The summed E-state index contributed by atoms with van der Waals surface area (Å²) in [6, 6.07) is 15.0. The largest absolute Gasteiger partial charge is 0.298 e. The molecule has 0 aliphatic heterocycles. The maximum absolute atomic E-state index is 12.4. The Labute approximate surface area is 223 Å². The van der Waals surface area contributed by atoms with Gasteiger partial charge in [-0.3, -0.25) is 15.1 Å². The number of carbonyl (C=O) groups excluding carboxylic acids is 1. The first-order valence-electron chi connectivity index (χ1n) is 10.8. The van der Waals surface area contributed by atoms with Crippen molar-refractivity contribution in [2.45, 2.75) is 23.6 Å². The lowest BCUT2D eigenvalue weighted by atomic mass is 10.0. The van der Waals surface area contributed by atoms with Crippen molar-refractivity contribution in [2.24, 2.45) is 0 Å². The van der Waals surface area contributed by atoms with E-state index < -0.39 is 10.0 Å². The van der Waals surface area contributed by atoms with Gasteiger partial charge in [-0.1, -0.05) is 11.8 Å². The van der Waals surface area contributed by atoms with Gasteiger partial charge in [0.2, 0.25) is 10.0 Å². The van der Waals surface area contributed by atoms with Gasteiger partial charge in [-0.2, -0.15) is 0 Å². The van der Waals surface area contributed by atoms with Gasteiger partial charge < -0.3 is 0 Å². The number of amides is 1. The Morgan fingerprint density at radius 2 is 1.64 bits per heavy atom. The van der Waals surface area contributed by atoms with Crippen LogP contribution in [0.15, 0.2) is 76.1 Å². The third kappa shape index (κ3) is 6.09. The summed E-state index contributed by atoms with van der Waals surface area (Å²) in [5.74, 6) is -0.221. The molecule has 0 aliphatic carbocycles. The predicted molar refractivity (Wildman–Crippen MR) is 151 cm³/mol. The van der Waals surface area contributed by atoms with Crippen LogP contribution in [-0.4, -0.2) is 36.8 Å². The molecule has 0 saturated carbocycles. The molecule has 0 atom stereocenters. The van der Waals surface area contributed by atoms with Crippen molar-refractivity contribution in [2.75, 3.05) is 21.5 Å². The fourth-order valence-electron chi connectivity index (χ4n) is 3.71. The minimum atomic E-state index is -3.34. The summed E-state index contributed by atoms with van der Waals surface area (Å²) in [4.78, 5) is 23.1. The van der Waals surface area contributed by atoms with Gasteiger partial charge in [0.15, 0.2) is 5.13 Å². The average Bonchev–Trinajstić information content (AvgIpc) is 3.27. The van der Waals surface area contributed by atoms with Crippen LogP contribution in [0, 0.1) is 13.8 Å². The van der Waals surface area contributed by atoms with Crippen LogP contribution in [0.1, 0.15) is 21.5 Å². The lowest BCUT2D eigenvalue weighted by Crippen LogP contribution is -2.21. The molecule has 4 rings (SSSR count). The molecular weight excluding hydrogens is 533 g/mol. The molecule has 4 aromatic rings. The summed E-state index contributed by atoms with van der Waals surface area (Å²) in [5.41, 5.74) is 5.17. The lowest BCUT2D eigenvalue weighted by Gasteiger charge is -2.19. The maximum atomic E-state index is 12.4. The van der Waals surface area contributed by atoms with E-state index in [1.54, 1.807) is 42.5 Å². The van der Waals surface area contributed by atoms with Crippen molar-refractivity contribution < 1.29 is 13.2 Å². The van der Waals surface area contributed by atoms with Gasteiger partial charge in [-0.05, 0) is 85.5 Å². The molecule has 0 fully saturated rings. The molecule has 0 saturated heterocycles. The maximum Gasteiger partial charge on any atom is 0.257 e. The molecule has 7 nitrogen and oxygen atoms in total. The molecule has 1 amide bonds. The van der Waals surface area contributed by atoms with Gasteiger partial charge in [0.1, 0.15) is 0 Å². The zero-order chi connectivity index (χ0) is 25.9. The van der Waals surface area contributed by atoms with Crippen LogP contribution in [0.3, 0.4) is 0 Å². The summed E-state index contributed by atoms with van der Waals surface area (Å²) in [6.45, 7) is 4.10. The summed E-state index contributed by atoms with van der Waals surface area (Å²) in [7, 11) is -3.34. The smallest absolute Gasteiger partial charge is 0.257 e. The molecule has 2 aromatic carbocycles. The van der Waals surface area contributed by atoms with Crippen LogP contribution >= 0.6 is 35.0 Å². The Bertz CT molecular complexity index is 1460. The van der Waals surface area contributed by atoms with Gasteiger partial charge in [-0.25, -0.2) is 17.1 Å². The molecule has 36 heavy (non-hydrogen) atoms. The topological polar surface area (TPSA) is 92.3 Å². The van der Waals surface area contributed by atoms with Crippen molar-refractivity contribution in [3.8, 4) is 11.3 Å². The SMILES string of the molecule is CSN(c1ccc(Sc2cc(C)c(-c3csc(NC(=O)c4ccncc4)n3)c(C)c2)cc1)S(C)(=O)=O. The number of nitrogens with zero attached hydrogens (tertiary/aromatic N) is 3. The second-order valence-corrected chi connectivity index (χ2v) is 12.7. The van der Waals surface area contributed by atoms with Crippen LogP contribution in [0.25, 0.3) is 11.3 Å². The highest BCUT2D eigenvalue weighted by Crippen LogP contribution is 2.37. The summed E-state index contributed by atoms with van der Waals surface area (Å²) in [5, 5.41) is 5.34. The Kier molecular flexibility index (Phi) is 8.04. The van der Waals surface area contributed by atoms with Crippen molar-refractivity contribution >= 4 is 61.8 Å². The quantitative estimate of drug-likeness (QED) is 0.256. The zero-order valence-electron chi connectivity index (χ0n) is 20.1. The fraction of sp³-hybridized carbons (Fsp3) is 0.160. The zero-order valence-corrected chi connectivity index (χ0v) is 23.3. The van der Waals surface area contributed by atoms with E-state index in [1.807, 2.05) is 43.5 Å². The number of anilines is 2. The van der Waals surface area contributed by atoms with Crippen molar-refractivity contribution in [1.29, 1.82) is 0 Å². The number of aryl methyl sites for hydroxylation is 2. The highest BCUT2D eigenvalue weighted by molar-refractivity contribution is 8.14. The first kappa shape index (κ1) is 26.2. The van der Waals surface area contributed by atoms with Crippen LogP contribution in [0.5, 0.6) is 0 Å². The van der Waals surface area contributed by atoms with E-state index in [1.165, 1.54) is 21.3 Å². The van der Waals surface area contributed by atoms with Crippen LogP contribution in [-0.2, 0) is 10.0 Å². The number of sulfonamides is 1. The third-order valence-electron chi connectivity index (χ3n) is 5.18. The molecule has 1 N–H and O–H groups in total. The normalized spacial score (nSPS) is 11.3. The molecule has 2 heterocycles. The molecule has 0 bridgehead atoms. The first-order valence-corrected chi connectivity index (χ1v) is 15.5. The number of hydrogen-bond acceptors (Lipinski definition) is 8. The molecule has 0 aliphatic rings. The van der Waals surface area contributed by atoms with E-state index in [2.05, 4.69) is 27.4 Å². The summed E-state index contributed by atoms with van der Waals surface area (Å²) < 4.78 is 25.2. The molecular formula is C25H24N4O3S4. The highest BCUT2D eigenvalue weighted by atomic mass is 32.3. The Balaban J connectivity index is 1.50. The summed E-state index contributed by atoms with van der Waals surface area (Å²) >= 11 is 4.15. The number of aromatic nitrogens is 2. The van der Waals surface area contributed by atoms with Crippen LogP contribution in [0.2, 0.25) is 0 Å². The number of nitrogens with one attached hydrogen (secondary N) is 1. The van der Waals surface area contributed by atoms with Gasteiger partial charge >= 0.3 is 0 Å². The minimum absolute atomic E-state index is 0.221. The Morgan fingerprint density at radius 1 is 1.00 bits per heavy atom. The van der Waals surface area contributed by atoms with Crippen LogP contribution in [0.4, 0.5) is 10.8 Å². The monoisotopic (exact) mass is 556 g/mol. The average molecular weight is 557 g/mol. The fourth-order valence-corrected chi connectivity index (χ4v) is 7.34. The molecule has 0 radical (unpaired) electrons. The summed E-state index contributed by atoms with van der Waals surface area (Å²) in [6.07, 6.45) is 6.09. The van der Waals surface area contributed by atoms with E-state index in [-0.39, 0.29) is 5.91 Å². The van der Waals surface area contributed by atoms with Gasteiger partial charge in [0.25, 0.3) is 5.91 Å². The number of pyridine rings is 1. The van der Waals surface area contributed by atoms with E-state index in [0.717, 1.165) is 44.1 Å². The third-order valence-corrected chi connectivity index (χ3v) is 9.53. The van der Waals surface area contributed by atoms with E-state index >= 15 is 0 Å². The molecule has 186 valence electrons. The second kappa shape index (κ2) is 11.0. The minimum Gasteiger partial charge on any atom is -0.298 e. The first-order chi connectivity index (χ1) is 17.2. The van der Waals surface area contributed by atoms with E-state index in [0.29, 0.717) is 16.4 Å². The van der Waals surface area contributed by atoms with Crippen molar-refractivity contribution in [1.82, 2.24) is 9.97 Å². The molecule has 0 unspecified atom stereocenters. The Hall–Kier alpha value is -2.86. The predicted octanol–water partition coefficient (Wildman–Crippen LogP) is 6.27. The number of hydrogen-bond donors (Lipinski definition) is 1. The van der Waals surface area contributed by atoms with Crippen LogP contribution < -0.4 is 9.03 Å². The second-order valence-electron chi connectivity index (χ2n) is 7.93. The Morgan fingerprint density at radius 3 is 2.22 bits per heavy atom. The number of rotatable bonds is 8.